The Labute approximate surface area is 113 Å². The molecule has 0 radical (unpaired) electrons. The topological polar surface area (TPSA) is 63.8 Å². The first-order chi connectivity index (χ1) is 8.56. The second kappa shape index (κ2) is 5.74. The zero-order valence-corrected chi connectivity index (χ0v) is 11.7. The SMILES string of the molecule is CC(C)C1CCCCC1Nc1cc(Cl)nc(N)n1. The molecule has 1 heterocycles. The van der Waals surface area contributed by atoms with Crippen molar-refractivity contribution in [2.24, 2.45) is 11.8 Å². The molecule has 0 amide bonds. The van der Waals surface area contributed by atoms with Gasteiger partial charge >= 0.3 is 0 Å². The number of nitrogens with zero attached hydrogens (tertiary/aromatic N) is 2. The van der Waals surface area contributed by atoms with Crippen molar-refractivity contribution < 1.29 is 0 Å². The van der Waals surface area contributed by atoms with Gasteiger partial charge in [0.25, 0.3) is 0 Å². The summed E-state index contributed by atoms with van der Waals surface area (Å²) >= 11 is 5.90. The molecule has 2 atom stereocenters. The van der Waals surface area contributed by atoms with Crippen LogP contribution in [0.1, 0.15) is 39.5 Å². The highest BCUT2D eigenvalue weighted by atomic mass is 35.5. The van der Waals surface area contributed by atoms with E-state index >= 15 is 0 Å². The van der Waals surface area contributed by atoms with Crippen molar-refractivity contribution in [2.45, 2.75) is 45.6 Å². The molecule has 0 aliphatic heterocycles. The molecule has 100 valence electrons. The Morgan fingerprint density at radius 1 is 1.33 bits per heavy atom. The Morgan fingerprint density at radius 3 is 2.72 bits per heavy atom. The highest BCUT2D eigenvalue weighted by Gasteiger charge is 2.27. The van der Waals surface area contributed by atoms with E-state index in [1.165, 1.54) is 25.7 Å². The molecule has 0 aromatic carbocycles. The third-order valence-electron chi connectivity index (χ3n) is 3.72. The molecule has 1 saturated carbocycles. The van der Waals surface area contributed by atoms with Gasteiger partial charge in [-0.25, -0.2) is 4.98 Å². The number of nitrogens with one attached hydrogen (secondary N) is 1. The summed E-state index contributed by atoms with van der Waals surface area (Å²) in [5.41, 5.74) is 5.61. The van der Waals surface area contributed by atoms with Crippen LogP contribution in [0.15, 0.2) is 6.07 Å². The lowest BCUT2D eigenvalue weighted by atomic mass is 9.78. The van der Waals surface area contributed by atoms with Gasteiger partial charge < -0.3 is 11.1 Å². The van der Waals surface area contributed by atoms with Gasteiger partial charge in [0, 0.05) is 12.1 Å². The van der Waals surface area contributed by atoms with Crippen LogP contribution >= 0.6 is 11.6 Å². The Bertz CT molecular complexity index is 388. The molecule has 5 heteroatoms. The van der Waals surface area contributed by atoms with Crippen molar-refractivity contribution >= 4 is 23.4 Å². The molecule has 0 spiro atoms. The third kappa shape index (κ3) is 3.25. The molecule has 1 aliphatic carbocycles. The molecule has 1 fully saturated rings. The lowest BCUT2D eigenvalue weighted by molar-refractivity contribution is 0.253. The summed E-state index contributed by atoms with van der Waals surface area (Å²) in [5.74, 6) is 2.33. The molecule has 1 aromatic rings. The monoisotopic (exact) mass is 268 g/mol. The van der Waals surface area contributed by atoms with Crippen molar-refractivity contribution in [3.63, 3.8) is 0 Å². The first-order valence-electron chi connectivity index (χ1n) is 6.63. The largest absolute Gasteiger partial charge is 0.368 e. The fourth-order valence-corrected chi connectivity index (χ4v) is 3.03. The lowest BCUT2D eigenvalue weighted by Crippen LogP contribution is -2.35. The van der Waals surface area contributed by atoms with Crippen molar-refractivity contribution in [1.29, 1.82) is 0 Å². The number of anilines is 2. The highest BCUT2D eigenvalue weighted by molar-refractivity contribution is 6.29. The van der Waals surface area contributed by atoms with Crippen molar-refractivity contribution in [3.8, 4) is 0 Å². The van der Waals surface area contributed by atoms with E-state index in [-0.39, 0.29) is 5.95 Å². The van der Waals surface area contributed by atoms with E-state index in [2.05, 4.69) is 29.1 Å². The normalized spacial score (nSPS) is 24.2. The van der Waals surface area contributed by atoms with Crippen molar-refractivity contribution in [2.75, 3.05) is 11.1 Å². The first-order valence-corrected chi connectivity index (χ1v) is 7.00. The number of hydrogen-bond acceptors (Lipinski definition) is 4. The summed E-state index contributed by atoms with van der Waals surface area (Å²) in [5, 5.41) is 3.87. The van der Waals surface area contributed by atoms with Gasteiger partial charge in [-0.1, -0.05) is 38.3 Å². The van der Waals surface area contributed by atoms with Crippen LogP contribution in [-0.4, -0.2) is 16.0 Å². The van der Waals surface area contributed by atoms with Crippen molar-refractivity contribution in [1.82, 2.24) is 9.97 Å². The van der Waals surface area contributed by atoms with Crippen LogP contribution in [0.5, 0.6) is 0 Å². The van der Waals surface area contributed by atoms with Crippen LogP contribution in [0.3, 0.4) is 0 Å². The van der Waals surface area contributed by atoms with Gasteiger partial charge in [-0.2, -0.15) is 4.98 Å². The van der Waals surface area contributed by atoms with Crippen LogP contribution in [0.4, 0.5) is 11.8 Å². The smallest absolute Gasteiger partial charge is 0.223 e. The zero-order chi connectivity index (χ0) is 13.1. The van der Waals surface area contributed by atoms with Crippen molar-refractivity contribution in [3.05, 3.63) is 11.2 Å². The average Bonchev–Trinajstić information content (AvgIpc) is 2.27. The summed E-state index contributed by atoms with van der Waals surface area (Å²) in [6.45, 7) is 4.57. The van der Waals surface area contributed by atoms with E-state index < -0.39 is 0 Å². The standard InChI is InChI=1S/C13H21ClN4/c1-8(2)9-5-3-4-6-10(9)16-12-7-11(14)17-13(15)18-12/h7-10H,3-6H2,1-2H3,(H3,15,16,17,18). The molecule has 2 unspecified atom stereocenters. The summed E-state index contributed by atoms with van der Waals surface area (Å²) in [6.07, 6.45) is 5.07. The molecule has 1 aliphatic rings. The van der Waals surface area contributed by atoms with E-state index in [0.29, 0.717) is 23.0 Å². The van der Waals surface area contributed by atoms with E-state index in [1.807, 2.05) is 0 Å². The molecule has 4 nitrogen and oxygen atoms in total. The second-order valence-electron chi connectivity index (χ2n) is 5.38. The highest BCUT2D eigenvalue weighted by Crippen LogP contribution is 2.32. The maximum atomic E-state index is 5.90. The maximum absolute atomic E-state index is 5.90. The Kier molecular flexibility index (Phi) is 4.27. The molecule has 2 rings (SSSR count). The third-order valence-corrected chi connectivity index (χ3v) is 3.91. The molecule has 18 heavy (non-hydrogen) atoms. The van der Waals surface area contributed by atoms with Gasteiger partial charge in [0.1, 0.15) is 11.0 Å². The molecular weight excluding hydrogens is 248 g/mol. The predicted molar refractivity (Wildman–Crippen MR) is 75.7 cm³/mol. The summed E-state index contributed by atoms with van der Waals surface area (Å²) in [4.78, 5) is 8.07. The Morgan fingerprint density at radius 2 is 2.06 bits per heavy atom. The van der Waals surface area contributed by atoms with Crippen LogP contribution < -0.4 is 11.1 Å². The predicted octanol–water partition coefficient (Wildman–Crippen LogP) is 3.34. The number of aromatic nitrogens is 2. The van der Waals surface area contributed by atoms with E-state index in [4.69, 9.17) is 17.3 Å². The minimum Gasteiger partial charge on any atom is -0.368 e. The quantitative estimate of drug-likeness (QED) is 0.826. The number of rotatable bonds is 3. The average molecular weight is 269 g/mol. The van der Waals surface area contributed by atoms with Crippen LogP contribution in [0.25, 0.3) is 0 Å². The Hall–Kier alpha value is -1.03. The van der Waals surface area contributed by atoms with Gasteiger partial charge in [0.15, 0.2) is 0 Å². The molecule has 0 bridgehead atoms. The van der Waals surface area contributed by atoms with E-state index in [1.54, 1.807) is 6.07 Å². The Balaban J connectivity index is 2.10. The first kappa shape index (κ1) is 13.4. The lowest BCUT2D eigenvalue weighted by Gasteiger charge is -2.35. The zero-order valence-electron chi connectivity index (χ0n) is 11.0. The fourth-order valence-electron chi connectivity index (χ4n) is 2.84. The summed E-state index contributed by atoms with van der Waals surface area (Å²) in [7, 11) is 0. The minimum atomic E-state index is 0.224. The van der Waals surface area contributed by atoms with Crippen LogP contribution in [0, 0.1) is 11.8 Å². The summed E-state index contributed by atoms with van der Waals surface area (Å²) in [6, 6.07) is 2.20. The van der Waals surface area contributed by atoms with Crippen LogP contribution in [-0.2, 0) is 0 Å². The van der Waals surface area contributed by atoms with Gasteiger partial charge in [-0.05, 0) is 24.7 Å². The van der Waals surface area contributed by atoms with E-state index in [9.17, 15) is 0 Å². The van der Waals surface area contributed by atoms with E-state index in [0.717, 1.165) is 5.82 Å². The van der Waals surface area contributed by atoms with Gasteiger partial charge in [-0.15, -0.1) is 0 Å². The van der Waals surface area contributed by atoms with Gasteiger partial charge in [-0.3, -0.25) is 0 Å². The van der Waals surface area contributed by atoms with Gasteiger partial charge in [0.05, 0.1) is 0 Å². The molecular formula is C13H21ClN4. The van der Waals surface area contributed by atoms with Crippen LogP contribution in [0.2, 0.25) is 5.15 Å². The molecule has 3 N–H and O–H groups in total. The number of halogens is 1. The molecule has 0 saturated heterocycles. The number of hydrogen-bond donors (Lipinski definition) is 2. The van der Waals surface area contributed by atoms with Gasteiger partial charge in [0.2, 0.25) is 5.95 Å². The fraction of sp³-hybridized carbons (Fsp3) is 0.692. The molecule has 1 aromatic heterocycles. The maximum Gasteiger partial charge on any atom is 0.223 e. The number of nitrogens with two attached hydrogens (primary N) is 1. The number of nitrogen functional groups attached to an aromatic ring is 1. The second-order valence-corrected chi connectivity index (χ2v) is 5.76. The minimum absolute atomic E-state index is 0.224. The summed E-state index contributed by atoms with van der Waals surface area (Å²) < 4.78 is 0.